The van der Waals surface area contributed by atoms with E-state index >= 15 is 0 Å². The molecular formula is C15H13ClN2OS. The molecular weight excluding hydrogens is 292 g/mol. The number of carbonyl (C=O) groups excluding carboxylic acids is 1. The van der Waals surface area contributed by atoms with Gasteiger partial charge in [0.25, 0.3) is 5.91 Å². The van der Waals surface area contributed by atoms with Crippen molar-refractivity contribution in [1.29, 1.82) is 0 Å². The lowest BCUT2D eigenvalue weighted by molar-refractivity contribution is 0.0947. The fourth-order valence-corrected chi connectivity index (χ4v) is 2.19. The standard InChI is InChI=1S/C15H13ClN2OS/c16-12-8-4-7-11(9-12)15(19)18-13(14(17)20)10-5-2-1-3-6-10/h1-9,13H,(H2,17,20)(H,18,19). The molecule has 0 saturated heterocycles. The Hall–Kier alpha value is -1.91. The molecule has 0 aliphatic carbocycles. The highest BCUT2D eigenvalue weighted by molar-refractivity contribution is 7.80. The van der Waals surface area contributed by atoms with E-state index < -0.39 is 6.04 Å². The number of hydrogen-bond acceptors (Lipinski definition) is 2. The van der Waals surface area contributed by atoms with E-state index in [0.717, 1.165) is 5.56 Å². The number of nitrogens with two attached hydrogens (primary N) is 1. The van der Waals surface area contributed by atoms with Gasteiger partial charge in [0.1, 0.15) is 11.0 Å². The van der Waals surface area contributed by atoms with Gasteiger partial charge in [-0.2, -0.15) is 0 Å². The number of hydrogen-bond donors (Lipinski definition) is 2. The second kappa shape index (κ2) is 6.50. The minimum Gasteiger partial charge on any atom is -0.391 e. The normalized spacial score (nSPS) is 11.7. The number of benzene rings is 2. The molecule has 0 radical (unpaired) electrons. The Bertz CT molecular complexity index is 631. The van der Waals surface area contributed by atoms with Crippen LogP contribution in [0.3, 0.4) is 0 Å². The fourth-order valence-electron chi connectivity index (χ4n) is 1.81. The fraction of sp³-hybridized carbons (Fsp3) is 0.0667. The van der Waals surface area contributed by atoms with Crippen molar-refractivity contribution in [3.63, 3.8) is 0 Å². The highest BCUT2D eigenvalue weighted by Crippen LogP contribution is 2.15. The molecule has 0 aliphatic heterocycles. The lowest BCUT2D eigenvalue weighted by atomic mass is 10.1. The summed E-state index contributed by atoms with van der Waals surface area (Å²) in [5.74, 6) is -0.269. The van der Waals surface area contributed by atoms with Crippen LogP contribution in [0.5, 0.6) is 0 Å². The predicted molar refractivity (Wildman–Crippen MR) is 84.9 cm³/mol. The second-order valence-electron chi connectivity index (χ2n) is 4.23. The minimum atomic E-state index is -0.502. The van der Waals surface area contributed by atoms with Crippen LogP contribution in [0.2, 0.25) is 5.02 Å². The van der Waals surface area contributed by atoms with Crippen LogP contribution in [-0.2, 0) is 0 Å². The van der Waals surface area contributed by atoms with Crippen molar-refractivity contribution in [3.05, 3.63) is 70.7 Å². The molecule has 2 aromatic carbocycles. The van der Waals surface area contributed by atoms with Gasteiger partial charge in [-0.1, -0.05) is 60.2 Å². The zero-order valence-electron chi connectivity index (χ0n) is 10.5. The third kappa shape index (κ3) is 3.56. The maximum absolute atomic E-state index is 12.2. The van der Waals surface area contributed by atoms with Crippen LogP contribution in [0.1, 0.15) is 22.0 Å². The van der Waals surface area contributed by atoms with Crippen LogP contribution in [0, 0.1) is 0 Å². The molecule has 0 fully saturated rings. The highest BCUT2D eigenvalue weighted by atomic mass is 35.5. The van der Waals surface area contributed by atoms with Crippen LogP contribution >= 0.6 is 23.8 Å². The first kappa shape index (κ1) is 14.5. The molecule has 0 heterocycles. The molecule has 0 aromatic heterocycles. The average Bonchev–Trinajstić information content (AvgIpc) is 2.45. The van der Waals surface area contributed by atoms with Crippen LogP contribution < -0.4 is 11.1 Å². The summed E-state index contributed by atoms with van der Waals surface area (Å²) in [5, 5.41) is 3.32. The summed E-state index contributed by atoms with van der Waals surface area (Å²) in [6, 6.07) is 15.6. The molecule has 1 unspecified atom stereocenters. The first-order valence-electron chi connectivity index (χ1n) is 5.98. The SMILES string of the molecule is NC(=S)C(NC(=O)c1cccc(Cl)c1)c1ccccc1. The smallest absolute Gasteiger partial charge is 0.252 e. The first-order valence-corrected chi connectivity index (χ1v) is 6.77. The molecule has 3 N–H and O–H groups in total. The molecule has 20 heavy (non-hydrogen) atoms. The van der Waals surface area contributed by atoms with Crippen LogP contribution in [0.15, 0.2) is 54.6 Å². The molecule has 2 aromatic rings. The molecule has 3 nitrogen and oxygen atoms in total. The molecule has 0 saturated carbocycles. The Balaban J connectivity index is 2.21. The van der Waals surface area contributed by atoms with Gasteiger partial charge in [-0.3, -0.25) is 4.79 Å². The topological polar surface area (TPSA) is 55.1 Å². The first-order chi connectivity index (χ1) is 9.58. The van der Waals surface area contributed by atoms with Crippen molar-refractivity contribution in [2.24, 2.45) is 5.73 Å². The van der Waals surface area contributed by atoms with Crippen molar-refractivity contribution < 1.29 is 4.79 Å². The van der Waals surface area contributed by atoms with E-state index in [2.05, 4.69) is 5.32 Å². The molecule has 2 rings (SSSR count). The van der Waals surface area contributed by atoms with Gasteiger partial charge in [0, 0.05) is 10.6 Å². The maximum Gasteiger partial charge on any atom is 0.252 e. The molecule has 5 heteroatoms. The van der Waals surface area contributed by atoms with E-state index in [-0.39, 0.29) is 10.9 Å². The quantitative estimate of drug-likeness (QED) is 0.853. The Morgan fingerprint density at radius 1 is 1.15 bits per heavy atom. The average molecular weight is 305 g/mol. The maximum atomic E-state index is 12.2. The predicted octanol–water partition coefficient (Wildman–Crippen LogP) is 3.10. The number of rotatable bonds is 4. The minimum absolute atomic E-state index is 0.214. The largest absolute Gasteiger partial charge is 0.391 e. The third-order valence-corrected chi connectivity index (χ3v) is 3.25. The molecule has 0 bridgehead atoms. The van der Waals surface area contributed by atoms with E-state index in [9.17, 15) is 4.79 Å². The molecule has 1 amide bonds. The number of nitrogens with one attached hydrogen (secondary N) is 1. The van der Waals surface area contributed by atoms with Gasteiger partial charge in [-0.25, -0.2) is 0 Å². The second-order valence-corrected chi connectivity index (χ2v) is 5.14. The van der Waals surface area contributed by atoms with Crippen molar-refractivity contribution >= 4 is 34.7 Å². The highest BCUT2D eigenvalue weighted by Gasteiger charge is 2.18. The van der Waals surface area contributed by atoms with Crippen molar-refractivity contribution in [2.75, 3.05) is 0 Å². The van der Waals surface area contributed by atoms with Gasteiger partial charge in [0.05, 0.1) is 0 Å². The van der Waals surface area contributed by atoms with Gasteiger partial charge in [0.15, 0.2) is 0 Å². The zero-order valence-corrected chi connectivity index (χ0v) is 12.1. The number of halogens is 1. The van der Waals surface area contributed by atoms with Crippen LogP contribution in [-0.4, -0.2) is 10.9 Å². The van der Waals surface area contributed by atoms with E-state index in [1.54, 1.807) is 24.3 Å². The molecule has 1 atom stereocenters. The summed E-state index contributed by atoms with van der Waals surface area (Å²) in [6.45, 7) is 0. The van der Waals surface area contributed by atoms with Gasteiger partial charge < -0.3 is 11.1 Å². The number of amides is 1. The Kier molecular flexibility index (Phi) is 4.71. The van der Waals surface area contributed by atoms with E-state index in [1.165, 1.54) is 0 Å². The van der Waals surface area contributed by atoms with E-state index in [1.807, 2.05) is 30.3 Å². The van der Waals surface area contributed by atoms with Crippen LogP contribution in [0.25, 0.3) is 0 Å². The number of carbonyl (C=O) groups is 1. The summed E-state index contributed by atoms with van der Waals surface area (Å²) >= 11 is 10.9. The lowest BCUT2D eigenvalue weighted by Gasteiger charge is -2.18. The monoisotopic (exact) mass is 304 g/mol. The van der Waals surface area contributed by atoms with Crippen LogP contribution in [0.4, 0.5) is 0 Å². The Morgan fingerprint density at radius 2 is 1.85 bits per heavy atom. The summed E-state index contributed by atoms with van der Waals surface area (Å²) < 4.78 is 0. The Labute approximate surface area is 127 Å². The number of thiocarbonyl (C=S) groups is 1. The zero-order chi connectivity index (χ0) is 14.5. The van der Waals surface area contributed by atoms with Gasteiger partial charge in [-0.15, -0.1) is 0 Å². The summed E-state index contributed by atoms with van der Waals surface area (Å²) in [5.41, 5.74) is 7.03. The lowest BCUT2D eigenvalue weighted by Crippen LogP contribution is -2.36. The molecule has 102 valence electrons. The van der Waals surface area contributed by atoms with Crippen molar-refractivity contribution in [2.45, 2.75) is 6.04 Å². The van der Waals surface area contributed by atoms with E-state index in [4.69, 9.17) is 29.6 Å². The molecule has 0 spiro atoms. The van der Waals surface area contributed by atoms with Crippen molar-refractivity contribution in [3.8, 4) is 0 Å². The Morgan fingerprint density at radius 3 is 2.45 bits per heavy atom. The van der Waals surface area contributed by atoms with Gasteiger partial charge in [-0.05, 0) is 23.8 Å². The molecule has 0 aliphatic rings. The summed E-state index contributed by atoms with van der Waals surface area (Å²) in [7, 11) is 0. The van der Waals surface area contributed by atoms with Gasteiger partial charge >= 0.3 is 0 Å². The van der Waals surface area contributed by atoms with E-state index in [0.29, 0.717) is 10.6 Å². The third-order valence-electron chi connectivity index (χ3n) is 2.78. The van der Waals surface area contributed by atoms with Crippen molar-refractivity contribution in [1.82, 2.24) is 5.32 Å². The van der Waals surface area contributed by atoms with Gasteiger partial charge in [0.2, 0.25) is 0 Å². The summed E-state index contributed by atoms with van der Waals surface area (Å²) in [6.07, 6.45) is 0. The summed E-state index contributed by atoms with van der Waals surface area (Å²) in [4.78, 5) is 12.4.